The highest BCUT2D eigenvalue weighted by Crippen LogP contribution is 2.62. The van der Waals surface area contributed by atoms with Gasteiger partial charge in [-0.05, 0) is 81.6 Å². The summed E-state index contributed by atoms with van der Waals surface area (Å²) in [5, 5.41) is 2.61. The molecule has 56 heavy (non-hydrogen) atoms. The van der Waals surface area contributed by atoms with Gasteiger partial charge in [-0.25, -0.2) is 9.97 Å². The van der Waals surface area contributed by atoms with Crippen LogP contribution in [-0.2, 0) is 5.41 Å². The molecule has 3 nitrogen and oxygen atoms in total. The van der Waals surface area contributed by atoms with E-state index >= 15 is 0 Å². The zero-order valence-electron chi connectivity index (χ0n) is 30.7. The number of benzene rings is 7. The lowest BCUT2D eigenvalue weighted by atomic mass is 9.63. The van der Waals surface area contributed by atoms with E-state index in [1.54, 1.807) is 0 Å². The summed E-state index contributed by atoms with van der Waals surface area (Å²) in [6.45, 7) is 0. The van der Waals surface area contributed by atoms with E-state index in [4.69, 9.17) is 9.97 Å². The molecule has 1 aliphatic heterocycles. The number of aromatic nitrogens is 3. The zero-order valence-corrected chi connectivity index (χ0v) is 30.7. The van der Waals surface area contributed by atoms with Crippen molar-refractivity contribution < 1.29 is 0 Å². The highest BCUT2D eigenvalue weighted by atomic mass is 15.0. The van der Waals surface area contributed by atoms with Crippen molar-refractivity contribution in [3.63, 3.8) is 0 Å². The number of hydrogen-bond donors (Lipinski definition) is 0. The van der Waals surface area contributed by atoms with Crippen LogP contribution in [0.2, 0.25) is 0 Å². The Labute approximate surface area is 325 Å². The Balaban J connectivity index is 1.06. The summed E-state index contributed by atoms with van der Waals surface area (Å²) < 4.78 is 2.54. The summed E-state index contributed by atoms with van der Waals surface area (Å²) in [6.07, 6.45) is 6.82. The van der Waals surface area contributed by atoms with Gasteiger partial charge >= 0.3 is 0 Å². The normalized spacial score (nSPS) is 16.4. The van der Waals surface area contributed by atoms with E-state index in [0.717, 1.165) is 46.7 Å². The molecule has 2 aromatic heterocycles. The minimum absolute atomic E-state index is 0.394. The number of fused-ring (bicyclic) bond motifs is 11. The van der Waals surface area contributed by atoms with E-state index in [1.165, 1.54) is 72.0 Å². The standard InChI is InChI=1S/C53H35N3/c1-3-14-35(15-4-1)47-33-48(55-52(54-47)37-16-5-2-6-17-37)36-28-26-34(27-29-36)38-30-31-50-46(32-38)53(43-22-10-7-18-39(43)40-19-8-11-23-44(40)53)45-24-13-21-42-41-20-9-12-25-49(41)56(50)51(42)45/h1-10,12-22,24-33H,11,23H2. The highest BCUT2D eigenvalue weighted by Gasteiger charge is 2.51. The smallest absolute Gasteiger partial charge is 0.160 e. The summed E-state index contributed by atoms with van der Waals surface area (Å²) in [5.74, 6) is 0.723. The summed E-state index contributed by atoms with van der Waals surface area (Å²) in [6, 6.07) is 63.9. The molecule has 1 spiro atoms. The summed E-state index contributed by atoms with van der Waals surface area (Å²) in [7, 11) is 0. The quantitative estimate of drug-likeness (QED) is 0.182. The molecule has 0 saturated heterocycles. The van der Waals surface area contributed by atoms with Gasteiger partial charge in [0.05, 0.1) is 33.5 Å². The molecule has 0 saturated carbocycles. The van der Waals surface area contributed by atoms with E-state index in [1.807, 2.05) is 24.3 Å². The van der Waals surface area contributed by atoms with Crippen molar-refractivity contribution in [2.75, 3.05) is 0 Å². The van der Waals surface area contributed by atoms with Crippen molar-refractivity contribution in [1.29, 1.82) is 0 Å². The molecule has 12 rings (SSSR count). The van der Waals surface area contributed by atoms with Crippen LogP contribution in [0.1, 0.15) is 35.1 Å². The van der Waals surface area contributed by atoms with Crippen molar-refractivity contribution in [2.24, 2.45) is 0 Å². The number of nitrogens with zero attached hydrogens (tertiary/aromatic N) is 3. The number of rotatable bonds is 4. The van der Waals surface area contributed by atoms with Crippen LogP contribution in [0.4, 0.5) is 0 Å². The van der Waals surface area contributed by atoms with Gasteiger partial charge in [0.2, 0.25) is 0 Å². The van der Waals surface area contributed by atoms with Crippen molar-refractivity contribution in [3.8, 4) is 50.7 Å². The van der Waals surface area contributed by atoms with E-state index in [9.17, 15) is 0 Å². The molecule has 262 valence electrons. The molecule has 1 unspecified atom stereocenters. The first-order valence-corrected chi connectivity index (χ1v) is 19.6. The van der Waals surface area contributed by atoms with Gasteiger partial charge in [-0.3, -0.25) is 0 Å². The lowest BCUT2D eigenvalue weighted by Gasteiger charge is -2.41. The van der Waals surface area contributed by atoms with Crippen molar-refractivity contribution in [2.45, 2.75) is 18.3 Å². The largest absolute Gasteiger partial charge is 0.309 e. The lowest BCUT2D eigenvalue weighted by molar-refractivity contribution is 0.685. The molecule has 0 fully saturated rings. The van der Waals surface area contributed by atoms with E-state index < -0.39 is 5.41 Å². The minimum Gasteiger partial charge on any atom is -0.309 e. The maximum atomic E-state index is 5.10. The summed E-state index contributed by atoms with van der Waals surface area (Å²) in [5.41, 5.74) is 19.2. The fraction of sp³-hybridized carbons (Fsp3) is 0.0566. The van der Waals surface area contributed by atoms with E-state index in [2.05, 4.69) is 168 Å². The molecule has 3 aliphatic rings. The van der Waals surface area contributed by atoms with Gasteiger partial charge in [0, 0.05) is 27.5 Å². The monoisotopic (exact) mass is 713 g/mol. The first-order chi connectivity index (χ1) is 27.8. The first-order valence-electron chi connectivity index (χ1n) is 19.6. The fourth-order valence-corrected chi connectivity index (χ4v) is 9.96. The van der Waals surface area contributed by atoms with Crippen molar-refractivity contribution in [3.05, 3.63) is 216 Å². The third-order valence-electron chi connectivity index (χ3n) is 12.3. The van der Waals surface area contributed by atoms with Crippen LogP contribution in [0, 0.1) is 0 Å². The third-order valence-corrected chi connectivity index (χ3v) is 12.3. The fourth-order valence-electron chi connectivity index (χ4n) is 9.96. The Morgan fingerprint density at radius 1 is 0.482 bits per heavy atom. The van der Waals surface area contributed by atoms with Crippen LogP contribution in [-0.4, -0.2) is 14.5 Å². The topological polar surface area (TPSA) is 30.7 Å². The summed E-state index contributed by atoms with van der Waals surface area (Å²) in [4.78, 5) is 10.1. The highest BCUT2D eigenvalue weighted by molar-refractivity contribution is 6.13. The first kappa shape index (κ1) is 31.3. The Hall–Kier alpha value is -7.10. The molecule has 1 atom stereocenters. The van der Waals surface area contributed by atoms with Gasteiger partial charge in [-0.2, -0.15) is 0 Å². The van der Waals surface area contributed by atoms with Gasteiger partial charge in [0.15, 0.2) is 5.82 Å². The predicted molar refractivity (Wildman–Crippen MR) is 230 cm³/mol. The Kier molecular flexibility index (Phi) is 6.67. The number of allylic oxidation sites excluding steroid dienone is 4. The van der Waals surface area contributed by atoms with Gasteiger partial charge < -0.3 is 4.57 Å². The van der Waals surface area contributed by atoms with Crippen molar-refractivity contribution in [1.82, 2.24) is 14.5 Å². The molecule has 9 aromatic rings. The summed E-state index contributed by atoms with van der Waals surface area (Å²) >= 11 is 0. The Bertz CT molecular complexity index is 3060. The SMILES string of the molecule is C1=CC2=C(CC1)C1(c3ccccc32)c2cc(-c3ccc(-c4cc(-c5ccccc5)nc(-c5ccccc5)n4)cc3)ccc2-n2c3ccccc3c3cccc1c32. The Morgan fingerprint density at radius 3 is 1.95 bits per heavy atom. The molecular weight excluding hydrogens is 679 g/mol. The maximum Gasteiger partial charge on any atom is 0.160 e. The average molecular weight is 714 g/mol. The molecule has 0 amide bonds. The average Bonchev–Trinajstić information content (AvgIpc) is 3.77. The molecular formula is C53H35N3. The lowest BCUT2D eigenvalue weighted by Crippen LogP contribution is -2.35. The van der Waals surface area contributed by atoms with E-state index in [-0.39, 0.29) is 0 Å². The third kappa shape index (κ3) is 4.34. The predicted octanol–water partition coefficient (Wildman–Crippen LogP) is 13.0. The van der Waals surface area contributed by atoms with Crippen LogP contribution in [0.3, 0.4) is 0 Å². The van der Waals surface area contributed by atoms with Gasteiger partial charge in [0.25, 0.3) is 0 Å². The van der Waals surface area contributed by atoms with Crippen LogP contribution in [0.25, 0.3) is 78.1 Å². The number of para-hydroxylation sites is 2. The minimum atomic E-state index is -0.394. The maximum absolute atomic E-state index is 5.10. The molecule has 2 aliphatic carbocycles. The molecule has 0 bridgehead atoms. The molecule has 3 heterocycles. The second-order valence-electron chi connectivity index (χ2n) is 15.2. The second-order valence-corrected chi connectivity index (χ2v) is 15.2. The van der Waals surface area contributed by atoms with E-state index in [0.29, 0.717) is 0 Å². The van der Waals surface area contributed by atoms with Crippen LogP contribution >= 0.6 is 0 Å². The zero-order chi connectivity index (χ0) is 36.8. The van der Waals surface area contributed by atoms with Crippen LogP contribution < -0.4 is 0 Å². The molecule has 0 radical (unpaired) electrons. The second kappa shape index (κ2) is 11.9. The molecule has 7 aromatic carbocycles. The van der Waals surface area contributed by atoms with Crippen LogP contribution in [0.15, 0.2) is 194 Å². The van der Waals surface area contributed by atoms with Gasteiger partial charge in [-0.1, -0.05) is 164 Å². The van der Waals surface area contributed by atoms with Gasteiger partial charge in [-0.15, -0.1) is 0 Å². The van der Waals surface area contributed by atoms with Gasteiger partial charge in [0.1, 0.15) is 0 Å². The molecule has 0 N–H and O–H groups in total. The molecule has 3 heteroatoms. The van der Waals surface area contributed by atoms with Crippen molar-refractivity contribution >= 4 is 27.4 Å². The Morgan fingerprint density at radius 2 is 1.12 bits per heavy atom. The number of hydrogen-bond acceptors (Lipinski definition) is 2. The van der Waals surface area contributed by atoms with Crippen LogP contribution in [0.5, 0.6) is 0 Å².